The summed E-state index contributed by atoms with van der Waals surface area (Å²) in [4.78, 5) is 31.9. The molecule has 1 aromatic heterocycles. The van der Waals surface area contributed by atoms with Crippen molar-refractivity contribution in [3.63, 3.8) is 0 Å². The second-order valence-electron chi connectivity index (χ2n) is 6.57. The normalized spacial score (nSPS) is 14.5. The van der Waals surface area contributed by atoms with Crippen molar-refractivity contribution < 1.29 is 14.7 Å². The third kappa shape index (κ3) is 3.78. The number of aliphatic hydroxyl groups excluding tert-OH is 1. The van der Waals surface area contributed by atoms with Gasteiger partial charge in [0.25, 0.3) is 5.91 Å². The van der Waals surface area contributed by atoms with E-state index in [-0.39, 0.29) is 18.3 Å². The Bertz CT molecular complexity index is 892. The molecule has 0 saturated heterocycles. The lowest BCUT2D eigenvalue weighted by molar-refractivity contribution is 0.0767. The molecule has 0 bridgehead atoms. The third-order valence-electron chi connectivity index (χ3n) is 4.44. The number of likely N-dealkylation sites (N-methyl/N-ethyl adjacent to an activating group) is 1. The monoisotopic (exact) mass is 373 g/mol. The maximum absolute atomic E-state index is 12.2. The van der Waals surface area contributed by atoms with Crippen LogP contribution in [0.5, 0.6) is 0 Å². The van der Waals surface area contributed by atoms with Crippen LogP contribution >= 0.6 is 11.3 Å². The smallest absolute Gasteiger partial charge is 0.253 e. The Morgan fingerprint density at radius 3 is 2.50 bits per heavy atom. The number of ketones is 1. The van der Waals surface area contributed by atoms with Gasteiger partial charge in [0, 0.05) is 37.8 Å². The van der Waals surface area contributed by atoms with E-state index in [1.54, 1.807) is 38.2 Å². The van der Waals surface area contributed by atoms with Gasteiger partial charge >= 0.3 is 0 Å². The van der Waals surface area contributed by atoms with E-state index in [9.17, 15) is 9.59 Å². The summed E-state index contributed by atoms with van der Waals surface area (Å²) in [5.74, 6) is -0.0688. The van der Waals surface area contributed by atoms with Gasteiger partial charge in [0.1, 0.15) is 0 Å². The zero-order valence-corrected chi connectivity index (χ0v) is 16.0. The summed E-state index contributed by atoms with van der Waals surface area (Å²) in [5.41, 5.74) is 2.29. The number of carbonyl (C=O) groups excluding carboxylic acids is 2. The summed E-state index contributed by atoms with van der Waals surface area (Å²) in [6.45, 7) is 3.80. The number of aliphatic hydroxyl groups is 1. The van der Waals surface area contributed by atoms with Crippen LogP contribution in [0.1, 0.15) is 51.5 Å². The van der Waals surface area contributed by atoms with E-state index in [1.807, 2.05) is 6.92 Å². The second kappa shape index (κ2) is 7.55. The Morgan fingerprint density at radius 2 is 1.96 bits per heavy atom. The number of rotatable bonds is 6. The number of nitrogens with zero attached hydrogens (tertiary/aromatic N) is 3. The number of thiazole rings is 1. The van der Waals surface area contributed by atoms with Gasteiger partial charge in [-0.25, -0.2) is 4.99 Å². The van der Waals surface area contributed by atoms with Crippen LogP contribution in [0, 0.1) is 6.92 Å². The van der Waals surface area contributed by atoms with Gasteiger partial charge in [0.2, 0.25) is 0 Å². The Kier molecular flexibility index (Phi) is 5.38. The molecule has 0 spiro atoms. The number of amides is 1. The Morgan fingerprint density at radius 1 is 1.31 bits per heavy atom. The minimum absolute atomic E-state index is 0.0625. The van der Waals surface area contributed by atoms with Crippen molar-refractivity contribution in [1.82, 2.24) is 9.47 Å². The molecule has 1 aromatic carbocycles. The molecule has 1 aliphatic carbocycles. The topological polar surface area (TPSA) is 74.9 Å². The summed E-state index contributed by atoms with van der Waals surface area (Å²) in [7, 11) is 1.66. The van der Waals surface area contributed by atoms with E-state index in [0.717, 1.165) is 33.9 Å². The predicted octanol–water partition coefficient (Wildman–Crippen LogP) is 2.69. The molecule has 26 heavy (non-hydrogen) atoms. The number of hydrogen-bond acceptors (Lipinski definition) is 5. The summed E-state index contributed by atoms with van der Waals surface area (Å²) in [6.07, 6.45) is 2.24. The fourth-order valence-corrected chi connectivity index (χ4v) is 4.00. The summed E-state index contributed by atoms with van der Waals surface area (Å²) < 4.78 is 2.16. The first kappa shape index (κ1) is 18.5. The molecule has 1 fully saturated rings. The van der Waals surface area contributed by atoms with E-state index in [1.165, 1.54) is 16.2 Å². The third-order valence-corrected chi connectivity index (χ3v) is 5.70. The molecule has 1 aliphatic rings. The molecule has 2 aromatic rings. The van der Waals surface area contributed by atoms with Crippen LogP contribution in [-0.4, -0.2) is 46.5 Å². The molecule has 1 saturated carbocycles. The molecule has 6 nitrogen and oxygen atoms in total. The lowest BCUT2D eigenvalue weighted by Gasteiger charge is -2.15. The Labute approximate surface area is 156 Å². The van der Waals surface area contributed by atoms with Gasteiger partial charge in [-0.1, -0.05) is 11.3 Å². The van der Waals surface area contributed by atoms with Crippen LogP contribution < -0.4 is 4.80 Å². The highest BCUT2D eigenvalue weighted by Gasteiger charge is 2.28. The van der Waals surface area contributed by atoms with E-state index >= 15 is 0 Å². The van der Waals surface area contributed by atoms with Gasteiger partial charge in [-0.05, 0) is 44.0 Å². The fourth-order valence-electron chi connectivity index (χ4n) is 2.89. The van der Waals surface area contributed by atoms with Gasteiger partial charge in [0.05, 0.1) is 17.2 Å². The lowest BCUT2D eigenvalue weighted by atomic mass is 10.2. The number of benzene rings is 1. The standard InChI is InChI=1S/C19H23N3O3S/c1-12-17(13(2)24)26-19(22(12)16-8-9-16)20-15-6-4-14(5-7-15)18(25)21(3)10-11-23/h4-7,16,23H,8-11H2,1-3H3. The first-order valence-electron chi connectivity index (χ1n) is 8.66. The van der Waals surface area contributed by atoms with Crippen LogP contribution in [-0.2, 0) is 0 Å². The van der Waals surface area contributed by atoms with E-state index < -0.39 is 0 Å². The van der Waals surface area contributed by atoms with Gasteiger partial charge in [0.15, 0.2) is 10.6 Å². The molecule has 7 heteroatoms. The van der Waals surface area contributed by atoms with Crippen molar-refractivity contribution >= 4 is 28.7 Å². The van der Waals surface area contributed by atoms with Crippen LogP contribution in [0.4, 0.5) is 5.69 Å². The molecule has 1 amide bonds. The minimum atomic E-state index is -0.135. The fraction of sp³-hybridized carbons (Fsp3) is 0.421. The molecule has 0 aliphatic heterocycles. The molecular weight excluding hydrogens is 350 g/mol. The van der Waals surface area contributed by atoms with Crippen LogP contribution in [0.15, 0.2) is 29.3 Å². The highest BCUT2D eigenvalue weighted by Crippen LogP contribution is 2.36. The first-order chi connectivity index (χ1) is 12.4. The largest absolute Gasteiger partial charge is 0.395 e. The van der Waals surface area contributed by atoms with E-state index in [0.29, 0.717) is 18.2 Å². The van der Waals surface area contributed by atoms with Crippen LogP contribution in [0.2, 0.25) is 0 Å². The van der Waals surface area contributed by atoms with Crippen molar-refractivity contribution in [1.29, 1.82) is 0 Å². The second-order valence-corrected chi connectivity index (χ2v) is 7.54. The zero-order valence-electron chi connectivity index (χ0n) is 15.2. The maximum Gasteiger partial charge on any atom is 0.253 e. The SMILES string of the molecule is CC(=O)c1sc(=Nc2ccc(C(=O)N(C)CCO)cc2)n(C2CC2)c1C. The quantitative estimate of drug-likeness (QED) is 0.791. The summed E-state index contributed by atoms with van der Waals surface area (Å²) >= 11 is 1.42. The molecular formula is C19H23N3O3S. The van der Waals surface area contributed by atoms with Crippen molar-refractivity contribution in [3.8, 4) is 0 Å². The summed E-state index contributed by atoms with van der Waals surface area (Å²) in [6, 6.07) is 7.52. The van der Waals surface area contributed by atoms with Gasteiger partial charge in [-0.15, -0.1) is 0 Å². The number of aromatic nitrogens is 1. The van der Waals surface area contributed by atoms with Gasteiger partial charge < -0.3 is 14.6 Å². The molecule has 1 N–H and O–H groups in total. The minimum Gasteiger partial charge on any atom is -0.395 e. The maximum atomic E-state index is 12.2. The van der Waals surface area contributed by atoms with Crippen molar-refractivity contribution in [2.75, 3.05) is 20.2 Å². The van der Waals surface area contributed by atoms with Gasteiger partial charge in [-0.3, -0.25) is 9.59 Å². The summed E-state index contributed by atoms with van der Waals surface area (Å²) in [5, 5.41) is 8.95. The molecule has 0 radical (unpaired) electrons. The average molecular weight is 373 g/mol. The van der Waals surface area contributed by atoms with Crippen molar-refractivity contribution in [2.24, 2.45) is 4.99 Å². The number of Topliss-reactive ketones (excluding diaryl/α,β-unsaturated/α-hetero) is 1. The lowest BCUT2D eigenvalue weighted by Crippen LogP contribution is -2.29. The van der Waals surface area contributed by atoms with Crippen molar-refractivity contribution in [2.45, 2.75) is 32.7 Å². The molecule has 138 valence electrons. The zero-order chi connectivity index (χ0) is 18.8. The van der Waals surface area contributed by atoms with Gasteiger partial charge in [-0.2, -0.15) is 0 Å². The van der Waals surface area contributed by atoms with E-state index in [2.05, 4.69) is 4.57 Å². The molecule has 0 unspecified atom stereocenters. The molecule has 3 rings (SSSR count). The Balaban J connectivity index is 1.92. The van der Waals surface area contributed by atoms with Crippen LogP contribution in [0.3, 0.4) is 0 Å². The molecule has 0 atom stereocenters. The Hall–Kier alpha value is -2.25. The highest BCUT2D eigenvalue weighted by atomic mass is 32.1. The van der Waals surface area contributed by atoms with Crippen molar-refractivity contribution in [3.05, 3.63) is 45.2 Å². The van der Waals surface area contributed by atoms with E-state index in [4.69, 9.17) is 10.1 Å². The average Bonchev–Trinajstić information content (AvgIpc) is 3.39. The predicted molar refractivity (Wildman–Crippen MR) is 101 cm³/mol. The number of carbonyl (C=O) groups is 2. The molecule has 1 heterocycles. The van der Waals surface area contributed by atoms with Crippen LogP contribution in [0.25, 0.3) is 0 Å². The highest BCUT2D eigenvalue weighted by molar-refractivity contribution is 7.11. The first-order valence-corrected chi connectivity index (χ1v) is 9.48. The number of hydrogen-bond donors (Lipinski definition) is 1.